The Kier molecular flexibility index (Phi) is 6.24. The predicted molar refractivity (Wildman–Crippen MR) is 68.6 cm³/mol. The van der Waals surface area contributed by atoms with Crippen LogP contribution in [0.3, 0.4) is 0 Å². The van der Waals surface area contributed by atoms with Crippen LogP contribution in [-0.2, 0) is 6.42 Å². The summed E-state index contributed by atoms with van der Waals surface area (Å²) in [5.74, 6) is 1.92. The van der Waals surface area contributed by atoms with Crippen molar-refractivity contribution in [2.45, 2.75) is 52.0 Å². The molecule has 2 nitrogen and oxygen atoms in total. The highest BCUT2D eigenvalue weighted by Crippen LogP contribution is 2.12. The molecule has 1 aromatic heterocycles. The summed E-state index contributed by atoms with van der Waals surface area (Å²) in [6, 6.07) is 4.65. The molecule has 0 saturated heterocycles. The van der Waals surface area contributed by atoms with Gasteiger partial charge in [0.1, 0.15) is 5.76 Å². The molecule has 16 heavy (non-hydrogen) atoms. The summed E-state index contributed by atoms with van der Waals surface area (Å²) < 4.78 is 5.34. The Morgan fingerprint density at radius 3 is 2.62 bits per heavy atom. The fourth-order valence-electron chi connectivity index (χ4n) is 1.98. The molecule has 2 heteroatoms. The van der Waals surface area contributed by atoms with Crippen LogP contribution < -0.4 is 5.32 Å². The van der Waals surface area contributed by atoms with E-state index in [1.165, 1.54) is 25.7 Å². The van der Waals surface area contributed by atoms with Gasteiger partial charge >= 0.3 is 0 Å². The van der Waals surface area contributed by atoms with Crippen molar-refractivity contribution in [1.29, 1.82) is 0 Å². The van der Waals surface area contributed by atoms with Crippen molar-refractivity contribution >= 4 is 0 Å². The van der Waals surface area contributed by atoms with E-state index in [0.29, 0.717) is 6.04 Å². The molecule has 0 aliphatic heterocycles. The van der Waals surface area contributed by atoms with Gasteiger partial charge in [-0.15, -0.1) is 0 Å². The van der Waals surface area contributed by atoms with Gasteiger partial charge in [0.15, 0.2) is 0 Å². The fourth-order valence-corrected chi connectivity index (χ4v) is 1.98. The van der Waals surface area contributed by atoms with Crippen LogP contribution in [0.1, 0.15) is 45.3 Å². The zero-order chi connectivity index (χ0) is 11.8. The summed E-state index contributed by atoms with van der Waals surface area (Å²) in [6.07, 6.45) is 7.89. The van der Waals surface area contributed by atoms with Crippen LogP contribution in [-0.4, -0.2) is 13.1 Å². The topological polar surface area (TPSA) is 25.2 Å². The van der Waals surface area contributed by atoms with Crippen molar-refractivity contribution in [1.82, 2.24) is 5.32 Å². The molecule has 0 saturated carbocycles. The van der Waals surface area contributed by atoms with Crippen LogP contribution >= 0.6 is 0 Å². The highest BCUT2D eigenvalue weighted by atomic mass is 16.3. The largest absolute Gasteiger partial charge is 0.469 e. The van der Waals surface area contributed by atoms with E-state index in [9.17, 15) is 0 Å². The van der Waals surface area contributed by atoms with E-state index < -0.39 is 0 Å². The summed E-state index contributed by atoms with van der Waals surface area (Å²) >= 11 is 0. The Bertz CT molecular complexity index is 254. The summed E-state index contributed by atoms with van der Waals surface area (Å²) in [5.41, 5.74) is 0. The van der Waals surface area contributed by atoms with Gasteiger partial charge in [0, 0.05) is 12.5 Å². The van der Waals surface area contributed by atoms with Crippen LogP contribution in [0.2, 0.25) is 0 Å². The fraction of sp³-hybridized carbons (Fsp3) is 0.714. The van der Waals surface area contributed by atoms with Gasteiger partial charge in [-0.1, -0.05) is 26.7 Å². The first-order valence-corrected chi connectivity index (χ1v) is 6.42. The van der Waals surface area contributed by atoms with Gasteiger partial charge in [-0.3, -0.25) is 0 Å². The van der Waals surface area contributed by atoms with Gasteiger partial charge < -0.3 is 9.73 Å². The van der Waals surface area contributed by atoms with Crippen molar-refractivity contribution in [3.05, 3.63) is 24.2 Å². The van der Waals surface area contributed by atoms with Gasteiger partial charge in [-0.2, -0.15) is 0 Å². The van der Waals surface area contributed by atoms with Gasteiger partial charge in [0.05, 0.1) is 6.26 Å². The lowest BCUT2D eigenvalue weighted by molar-refractivity contribution is 0.420. The second-order valence-electron chi connectivity index (χ2n) is 4.93. The Morgan fingerprint density at radius 2 is 2.06 bits per heavy atom. The molecule has 0 bridgehead atoms. The summed E-state index contributed by atoms with van der Waals surface area (Å²) in [4.78, 5) is 0. The monoisotopic (exact) mass is 223 g/mol. The number of furan rings is 1. The molecule has 0 aliphatic carbocycles. The molecule has 0 aliphatic rings. The third-order valence-corrected chi connectivity index (χ3v) is 3.06. The van der Waals surface area contributed by atoms with E-state index in [-0.39, 0.29) is 0 Å². The maximum Gasteiger partial charge on any atom is 0.103 e. The number of hydrogen-bond donors (Lipinski definition) is 1. The highest BCUT2D eigenvalue weighted by Gasteiger charge is 2.07. The second-order valence-corrected chi connectivity index (χ2v) is 4.93. The third-order valence-electron chi connectivity index (χ3n) is 3.06. The minimum atomic E-state index is 0.629. The molecule has 1 atom stereocenters. The number of aryl methyl sites for hydroxylation is 1. The lowest BCUT2D eigenvalue weighted by atomic mass is 10.00. The summed E-state index contributed by atoms with van der Waals surface area (Å²) in [5, 5.41) is 3.40. The summed E-state index contributed by atoms with van der Waals surface area (Å²) in [7, 11) is 2.06. The average Bonchev–Trinajstić information content (AvgIpc) is 2.75. The molecular formula is C14H25NO. The van der Waals surface area contributed by atoms with E-state index in [2.05, 4.69) is 32.3 Å². The van der Waals surface area contributed by atoms with E-state index in [1.807, 2.05) is 6.07 Å². The zero-order valence-corrected chi connectivity index (χ0v) is 10.8. The minimum absolute atomic E-state index is 0.629. The average molecular weight is 223 g/mol. The SMILES string of the molecule is CNC(CCCC(C)C)CCc1ccco1. The van der Waals surface area contributed by atoms with Crippen LogP contribution in [0.4, 0.5) is 0 Å². The van der Waals surface area contributed by atoms with Gasteiger partial charge in [-0.25, -0.2) is 0 Å². The minimum Gasteiger partial charge on any atom is -0.469 e. The molecule has 1 heterocycles. The molecule has 1 rings (SSSR count). The van der Waals surface area contributed by atoms with Crippen molar-refractivity contribution < 1.29 is 4.42 Å². The standard InChI is InChI=1S/C14H25NO/c1-12(2)6-4-7-13(15-3)9-10-14-8-5-11-16-14/h5,8,11-13,15H,4,6-7,9-10H2,1-3H3. The van der Waals surface area contributed by atoms with Gasteiger partial charge in [0.25, 0.3) is 0 Å². The molecule has 92 valence electrons. The Hall–Kier alpha value is -0.760. The first kappa shape index (κ1) is 13.3. The molecule has 0 amide bonds. The molecule has 1 aromatic rings. The van der Waals surface area contributed by atoms with E-state index in [1.54, 1.807) is 6.26 Å². The van der Waals surface area contributed by atoms with Crippen molar-refractivity contribution in [2.75, 3.05) is 7.05 Å². The maximum absolute atomic E-state index is 5.34. The smallest absolute Gasteiger partial charge is 0.103 e. The summed E-state index contributed by atoms with van der Waals surface area (Å²) in [6.45, 7) is 4.58. The molecule has 0 aromatic carbocycles. The number of hydrogen-bond acceptors (Lipinski definition) is 2. The number of rotatable bonds is 8. The van der Waals surface area contributed by atoms with Crippen LogP contribution in [0.15, 0.2) is 22.8 Å². The molecule has 1 unspecified atom stereocenters. The third kappa shape index (κ3) is 5.36. The zero-order valence-electron chi connectivity index (χ0n) is 10.8. The molecule has 0 radical (unpaired) electrons. The highest BCUT2D eigenvalue weighted by molar-refractivity contribution is 4.98. The van der Waals surface area contributed by atoms with Crippen molar-refractivity contribution in [3.63, 3.8) is 0 Å². The molecule has 0 spiro atoms. The number of nitrogens with one attached hydrogen (secondary N) is 1. The quantitative estimate of drug-likeness (QED) is 0.728. The Morgan fingerprint density at radius 1 is 1.25 bits per heavy atom. The Balaban J connectivity index is 2.16. The van der Waals surface area contributed by atoms with E-state index in [0.717, 1.165) is 18.1 Å². The van der Waals surface area contributed by atoms with Crippen LogP contribution in [0.5, 0.6) is 0 Å². The van der Waals surface area contributed by atoms with Gasteiger partial charge in [0.2, 0.25) is 0 Å². The molecular weight excluding hydrogens is 198 g/mol. The second kappa shape index (κ2) is 7.50. The maximum atomic E-state index is 5.34. The lowest BCUT2D eigenvalue weighted by Crippen LogP contribution is -2.25. The predicted octanol–water partition coefficient (Wildman–Crippen LogP) is 3.63. The van der Waals surface area contributed by atoms with Crippen molar-refractivity contribution in [3.8, 4) is 0 Å². The van der Waals surface area contributed by atoms with E-state index >= 15 is 0 Å². The van der Waals surface area contributed by atoms with E-state index in [4.69, 9.17) is 4.42 Å². The first-order chi connectivity index (χ1) is 7.72. The van der Waals surface area contributed by atoms with Crippen molar-refractivity contribution in [2.24, 2.45) is 5.92 Å². The lowest BCUT2D eigenvalue weighted by Gasteiger charge is -2.15. The molecule has 1 N–H and O–H groups in total. The normalized spacial score (nSPS) is 13.2. The van der Waals surface area contributed by atoms with Crippen LogP contribution in [0, 0.1) is 5.92 Å². The first-order valence-electron chi connectivity index (χ1n) is 6.42. The van der Waals surface area contributed by atoms with Crippen LogP contribution in [0.25, 0.3) is 0 Å². The van der Waals surface area contributed by atoms with Gasteiger partial charge in [-0.05, 0) is 37.9 Å². The molecule has 0 fully saturated rings. The Labute approximate surface area is 99.4 Å².